The van der Waals surface area contributed by atoms with E-state index in [2.05, 4.69) is 25.2 Å². The van der Waals surface area contributed by atoms with E-state index in [1.165, 1.54) is 11.1 Å². The molecule has 122 valence electrons. The summed E-state index contributed by atoms with van der Waals surface area (Å²) in [5.41, 5.74) is 4.47. The Labute approximate surface area is 138 Å². The van der Waals surface area contributed by atoms with Crippen LogP contribution in [0.4, 0.5) is 5.69 Å². The highest BCUT2D eigenvalue weighted by molar-refractivity contribution is 5.90. The lowest BCUT2D eigenvalue weighted by Crippen LogP contribution is -2.12. The van der Waals surface area contributed by atoms with E-state index in [1.54, 1.807) is 0 Å². The second-order valence-electron chi connectivity index (χ2n) is 5.82. The van der Waals surface area contributed by atoms with Gasteiger partial charge in [-0.1, -0.05) is 36.8 Å². The largest absolute Gasteiger partial charge is 0.493 e. The maximum absolute atomic E-state index is 11.9. The third-order valence-electron chi connectivity index (χ3n) is 3.78. The van der Waals surface area contributed by atoms with Crippen molar-refractivity contribution in [1.82, 2.24) is 0 Å². The van der Waals surface area contributed by atoms with Gasteiger partial charge < -0.3 is 10.1 Å². The van der Waals surface area contributed by atoms with Gasteiger partial charge in [-0.05, 0) is 56.0 Å². The minimum atomic E-state index is 0.0264. The van der Waals surface area contributed by atoms with Gasteiger partial charge in [0.25, 0.3) is 0 Å². The molecule has 0 aliphatic carbocycles. The lowest BCUT2D eigenvalue weighted by atomic mass is 10.1. The molecule has 0 saturated carbocycles. The molecule has 0 spiro atoms. The normalized spacial score (nSPS) is 10.4. The Morgan fingerprint density at radius 1 is 1.09 bits per heavy atom. The number of hydrogen-bond acceptors (Lipinski definition) is 2. The molecule has 0 unspecified atom stereocenters. The number of benzene rings is 2. The van der Waals surface area contributed by atoms with E-state index in [0.29, 0.717) is 19.4 Å². The number of amides is 1. The number of anilines is 1. The first-order valence-electron chi connectivity index (χ1n) is 8.17. The van der Waals surface area contributed by atoms with Gasteiger partial charge in [0, 0.05) is 12.1 Å². The molecule has 0 bridgehead atoms. The van der Waals surface area contributed by atoms with Gasteiger partial charge in [-0.15, -0.1) is 0 Å². The molecule has 0 radical (unpaired) electrons. The molecular weight excluding hydrogens is 286 g/mol. The Hall–Kier alpha value is -2.29. The minimum absolute atomic E-state index is 0.0264. The van der Waals surface area contributed by atoms with Gasteiger partial charge in [0.1, 0.15) is 5.75 Å². The van der Waals surface area contributed by atoms with Crippen molar-refractivity contribution in [3.63, 3.8) is 0 Å². The second-order valence-corrected chi connectivity index (χ2v) is 5.82. The van der Waals surface area contributed by atoms with E-state index < -0.39 is 0 Å². The topological polar surface area (TPSA) is 38.3 Å². The summed E-state index contributed by atoms with van der Waals surface area (Å²) >= 11 is 0. The van der Waals surface area contributed by atoms with Crippen molar-refractivity contribution in [2.45, 2.75) is 40.0 Å². The van der Waals surface area contributed by atoms with Crippen LogP contribution in [0.2, 0.25) is 0 Å². The maximum Gasteiger partial charge on any atom is 0.224 e. The molecule has 3 nitrogen and oxygen atoms in total. The maximum atomic E-state index is 11.9. The molecule has 0 saturated heterocycles. The molecule has 0 aliphatic heterocycles. The van der Waals surface area contributed by atoms with Crippen LogP contribution in [0.5, 0.6) is 5.75 Å². The molecule has 2 rings (SSSR count). The van der Waals surface area contributed by atoms with Crippen molar-refractivity contribution in [2.75, 3.05) is 11.9 Å². The van der Waals surface area contributed by atoms with Crippen LogP contribution in [0.1, 0.15) is 36.5 Å². The molecule has 0 aromatic heterocycles. The minimum Gasteiger partial charge on any atom is -0.493 e. The van der Waals surface area contributed by atoms with Crippen LogP contribution in [0.15, 0.2) is 42.5 Å². The molecule has 0 heterocycles. The molecule has 1 N–H and O–H groups in total. The standard InChI is InChI=1S/C20H25NO2/c1-4-17-8-10-18(11-9-17)21-20(22)6-5-13-23-19-12-7-15(2)14-16(19)3/h7-12,14H,4-6,13H2,1-3H3,(H,21,22). The predicted molar refractivity (Wildman–Crippen MR) is 95.1 cm³/mol. The first kappa shape index (κ1) is 17.1. The van der Waals surface area contributed by atoms with E-state index >= 15 is 0 Å². The first-order valence-corrected chi connectivity index (χ1v) is 8.17. The molecule has 2 aromatic rings. The Kier molecular flexibility index (Phi) is 6.21. The van der Waals surface area contributed by atoms with Crippen molar-refractivity contribution in [3.8, 4) is 5.75 Å². The van der Waals surface area contributed by atoms with Crippen LogP contribution < -0.4 is 10.1 Å². The van der Waals surface area contributed by atoms with Crippen molar-refractivity contribution in [3.05, 3.63) is 59.2 Å². The molecular formula is C20H25NO2. The summed E-state index contributed by atoms with van der Waals surface area (Å²) in [6.45, 7) is 6.76. The number of ether oxygens (including phenoxy) is 1. The Morgan fingerprint density at radius 2 is 1.83 bits per heavy atom. The summed E-state index contributed by atoms with van der Waals surface area (Å²) in [4.78, 5) is 11.9. The van der Waals surface area contributed by atoms with Crippen LogP contribution >= 0.6 is 0 Å². The lowest BCUT2D eigenvalue weighted by molar-refractivity contribution is -0.116. The summed E-state index contributed by atoms with van der Waals surface area (Å²) < 4.78 is 5.74. The summed E-state index contributed by atoms with van der Waals surface area (Å²) in [5, 5.41) is 2.92. The Balaban J connectivity index is 1.72. The number of carbonyl (C=O) groups excluding carboxylic acids is 1. The van der Waals surface area contributed by atoms with Gasteiger partial charge in [0.15, 0.2) is 0 Å². The monoisotopic (exact) mass is 311 g/mol. The van der Waals surface area contributed by atoms with Gasteiger partial charge in [-0.25, -0.2) is 0 Å². The third kappa shape index (κ3) is 5.44. The fraction of sp³-hybridized carbons (Fsp3) is 0.350. The summed E-state index contributed by atoms with van der Waals surface area (Å²) in [6.07, 6.45) is 2.16. The van der Waals surface area contributed by atoms with E-state index in [4.69, 9.17) is 4.74 Å². The zero-order valence-corrected chi connectivity index (χ0v) is 14.2. The number of hydrogen-bond donors (Lipinski definition) is 1. The highest BCUT2D eigenvalue weighted by Crippen LogP contribution is 2.19. The van der Waals surface area contributed by atoms with Gasteiger partial charge in [0.05, 0.1) is 6.61 Å². The van der Waals surface area contributed by atoms with E-state index in [0.717, 1.165) is 23.4 Å². The Bertz CT molecular complexity index is 647. The summed E-state index contributed by atoms with van der Waals surface area (Å²) in [5.74, 6) is 0.921. The molecule has 23 heavy (non-hydrogen) atoms. The number of nitrogens with one attached hydrogen (secondary N) is 1. The molecule has 0 atom stereocenters. The third-order valence-corrected chi connectivity index (χ3v) is 3.78. The highest BCUT2D eigenvalue weighted by Gasteiger charge is 2.04. The van der Waals surface area contributed by atoms with Gasteiger partial charge in [-0.2, -0.15) is 0 Å². The van der Waals surface area contributed by atoms with E-state index in [1.807, 2.05) is 43.3 Å². The van der Waals surface area contributed by atoms with E-state index in [-0.39, 0.29) is 5.91 Å². The van der Waals surface area contributed by atoms with E-state index in [9.17, 15) is 4.79 Å². The zero-order chi connectivity index (χ0) is 16.7. The molecule has 2 aromatic carbocycles. The second kappa shape index (κ2) is 8.37. The smallest absolute Gasteiger partial charge is 0.224 e. The number of carbonyl (C=O) groups is 1. The van der Waals surface area contributed by atoms with Crippen LogP contribution in [0, 0.1) is 13.8 Å². The number of rotatable bonds is 7. The average molecular weight is 311 g/mol. The van der Waals surface area contributed by atoms with Crippen LogP contribution in [-0.4, -0.2) is 12.5 Å². The average Bonchev–Trinajstić information content (AvgIpc) is 2.54. The first-order chi connectivity index (χ1) is 11.1. The summed E-state index contributed by atoms with van der Waals surface area (Å²) in [7, 11) is 0. The number of aryl methyl sites for hydroxylation is 3. The van der Waals surface area contributed by atoms with Crippen molar-refractivity contribution < 1.29 is 9.53 Å². The molecule has 3 heteroatoms. The SMILES string of the molecule is CCc1ccc(NC(=O)CCCOc2ccc(C)cc2C)cc1. The molecule has 0 fully saturated rings. The fourth-order valence-corrected chi connectivity index (χ4v) is 2.42. The summed E-state index contributed by atoms with van der Waals surface area (Å²) in [6, 6.07) is 14.1. The van der Waals surface area contributed by atoms with Crippen molar-refractivity contribution in [1.29, 1.82) is 0 Å². The van der Waals surface area contributed by atoms with Crippen LogP contribution in [-0.2, 0) is 11.2 Å². The van der Waals surface area contributed by atoms with Gasteiger partial charge in [-0.3, -0.25) is 4.79 Å². The lowest BCUT2D eigenvalue weighted by Gasteiger charge is -2.10. The molecule has 1 amide bonds. The quantitative estimate of drug-likeness (QED) is 0.755. The van der Waals surface area contributed by atoms with Gasteiger partial charge in [0.2, 0.25) is 5.91 Å². The van der Waals surface area contributed by atoms with Crippen molar-refractivity contribution >= 4 is 11.6 Å². The van der Waals surface area contributed by atoms with Crippen LogP contribution in [0.25, 0.3) is 0 Å². The molecule has 0 aliphatic rings. The highest BCUT2D eigenvalue weighted by atomic mass is 16.5. The van der Waals surface area contributed by atoms with Crippen molar-refractivity contribution in [2.24, 2.45) is 0 Å². The van der Waals surface area contributed by atoms with Crippen LogP contribution in [0.3, 0.4) is 0 Å². The fourth-order valence-electron chi connectivity index (χ4n) is 2.42. The van der Waals surface area contributed by atoms with Gasteiger partial charge >= 0.3 is 0 Å². The Morgan fingerprint density at radius 3 is 2.48 bits per heavy atom. The predicted octanol–water partition coefficient (Wildman–Crippen LogP) is 4.66. The zero-order valence-electron chi connectivity index (χ0n) is 14.2.